The molecule has 1 atom stereocenters. The topological polar surface area (TPSA) is 86.4 Å². The molecule has 170 valence electrons. The zero-order chi connectivity index (χ0) is 22.5. The van der Waals surface area contributed by atoms with Crippen molar-refractivity contribution in [2.24, 2.45) is 11.8 Å². The molecular formula is C25H33N5O2. The minimum atomic E-state index is -0.264. The average molecular weight is 436 g/mol. The van der Waals surface area contributed by atoms with E-state index in [1.807, 2.05) is 24.3 Å². The van der Waals surface area contributed by atoms with Gasteiger partial charge in [0.25, 0.3) is 0 Å². The normalized spacial score (nSPS) is 19.0. The Kier molecular flexibility index (Phi) is 6.93. The number of carbonyl (C=O) groups is 2. The summed E-state index contributed by atoms with van der Waals surface area (Å²) in [6.45, 7) is 7.50. The van der Waals surface area contributed by atoms with E-state index in [0.29, 0.717) is 13.1 Å². The van der Waals surface area contributed by atoms with Gasteiger partial charge in [0.05, 0.1) is 17.3 Å². The molecule has 2 aliphatic rings. The van der Waals surface area contributed by atoms with E-state index >= 15 is 0 Å². The SMILES string of the molecule is CCc1nc(N2CCC(C)CC2)ccc1Nc1ccc(CNC(=O)C2CNC(=O)C2)cc1. The molecule has 1 unspecified atom stereocenters. The van der Waals surface area contributed by atoms with Gasteiger partial charge in [0, 0.05) is 38.3 Å². The summed E-state index contributed by atoms with van der Waals surface area (Å²) in [5.74, 6) is 1.48. The molecule has 4 rings (SSSR count). The number of aromatic nitrogens is 1. The number of pyridine rings is 1. The van der Waals surface area contributed by atoms with Crippen LogP contribution in [0.15, 0.2) is 36.4 Å². The smallest absolute Gasteiger partial charge is 0.225 e. The first kappa shape index (κ1) is 22.1. The third kappa shape index (κ3) is 5.39. The number of carbonyl (C=O) groups excluding carboxylic acids is 2. The van der Waals surface area contributed by atoms with Crippen molar-refractivity contribution in [1.82, 2.24) is 15.6 Å². The van der Waals surface area contributed by atoms with E-state index in [0.717, 1.165) is 53.9 Å². The first-order valence-electron chi connectivity index (χ1n) is 11.7. The lowest BCUT2D eigenvalue weighted by atomic mass is 9.99. The zero-order valence-corrected chi connectivity index (χ0v) is 19.0. The average Bonchev–Trinajstić information content (AvgIpc) is 3.25. The van der Waals surface area contributed by atoms with E-state index in [1.165, 1.54) is 12.8 Å². The molecule has 3 heterocycles. The van der Waals surface area contributed by atoms with Crippen molar-refractivity contribution in [3.63, 3.8) is 0 Å². The number of nitrogens with one attached hydrogen (secondary N) is 3. The third-order valence-corrected chi connectivity index (χ3v) is 6.45. The molecule has 1 aromatic carbocycles. The van der Waals surface area contributed by atoms with Gasteiger partial charge in [-0.2, -0.15) is 0 Å². The van der Waals surface area contributed by atoms with Gasteiger partial charge in [0.2, 0.25) is 11.8 Å². The van der Waals surface area contributed by atoms with Crippen LogP contribution in [-0.4, -0.2) is 36.4 Å². The number of amides is 2. The molecule has 0 bridgehead atoms. The number of anilines is 3. The molecule has 0 saturated carbocycles. The van der Waals surface area contributed by atoms with Crippen LogP contribution in [0.5, 0.6) is 0 Å². The standard InChI is InChI=1S/C25H33N5O2/c1-3-21-22(8-9-23(29-21)30-12-10-17(2)11-13-30)28-20-6-4-18(5-7-20)15-27-25(32)19-14-24(31)26-16-19/h4-9,17,19,28H,3,10-16H2,1-2H3,(H,26,31)(H,27,32). The molecule has 2 saturated heterocycles. The van der Waals surface area contributed by atoms with Crippen molar-refractivity contribution in [2.75, 3.05) is 29.9 Å². The summed E-state index contributed by atoms with van der Waals surface area (Å²) in [6, 6.07) is 12.3. The van der Waals surface area contributed by atoms with E-state index in [-0.39, 0.29) is 24.2 Å². The van der Waals surface area contributed by atoms with Crippen LogP contribution in [0.25, 0.3) is 0 Å². The van der Waals surface area contributed by atoms with E-state index in [4.69, 9.17) is 4.98 Å². The minimum absolute atomic E-state index is 0.0555. The molecule has 7 nitrogen and oxygen atoms in total. The number of benzene rings is 1. The molecular weight excluding hydrogens is 402 g/mol. The lowest BCUT2D eigenvalue weighted by Gasteiger charge is -2.31. The van der Waals surface area contributed by atoms with Crippen LogP contribution in [0.3, 0.4) is 0 Å². The van der Waals surface area contributed by atoms with Gasteiger partial charge in [-0.15, -0.1) is 0 Å². The molecule has 0 aliphatic carbocycles. The van der Waals surface area contributed by atoms with Crippen LogP contribution in [0.4, 0.5) is 17.2 Å². The van der Waals surface area contributed by atoms with Crippen LogP contribution in [0, 0.1) is 11.8 Å². The van der Waals surface area contributed by atoms with Crippen molar-refractivity contribution >= 4 is 29.0 Å². The highest BCUT2D eigenvalue weighted by Gasteiger charge is 2.27. The second kappa shape index (κ2) is 10.0. The van der Waals surface area contributed by atoms with Crippen LogP contribution in [-0.2, 0) is 22.6 Å². The van der Waals surface area contributed by atoms with Gasteiger partial charge in [-0.1, -0.05) is 26.0 Å². The van der Waals surface area contributed by atoms with E-state index in [2.05, 4.69) is 46.8 Å². The Bertz CT molecular complexity index is 951. The maximum Gasteiger partial charge on any atom is 0.225 e. The lowest BCUT2D eigenvalue weighted by molar-refractivity contribution is -0.126. The van der Waals surface area contributed by atoms with Crippen molar-refractivity contribution in [3.05, 3.63) is 47.7 Å². The summed E-state index contributed by atoms with van der Waals surface area (Å²) in [4.78, 5) is 30.8. The molecule has 2 fully saturated rings. The van der Waals surface area contributed by atoms with Gasteiger partial charge in [0.1, 0.15) is 5.82 Å². The number of aryl methyl sites for hydroxylation is 1. The molecule has 3 N–H and O–H groups in total. The maximum atomic E-state index is 12.2. The maximum absolute atomic E-state index is 12.2. The van der Waals surface area contributed by atoms with Crippen LogP contribution in [0.1, 0.15) is 44.4 Å². The highest BCUT2D eigenvalue weighted by Crippen LogP contribution is 2.26. The van der Waals surface area contributed by atoms with Crippen molar-refractivity contribution in [3.8, 4) is 0 Å². The largest absolute Gasteiger partial charge is 0.357 e. The number of hydrogen-bond acceptors (Lipinski definition) is 5. The van der Waals surface area contributed by atoms with E-state index < -0.39 is 0 Å². The van der Waals surface area contributed by atoms with Crippen LogP contribution < -0.4 is 20.9 Å². The molecule has 7 heteroatoms. The molecule has 0 radical (unpaired) electrons. The summed E-state index contributed by atoms with van der Waals surface area (Å²) in [5.41, 5.74) is 4.10. The lowest BCUT2D eigenvalue weighted by Crippen LogP contribution is -2.33. The quantitative estimate of drug-likeness (QED) is 0.621. The molecule has 2 aromatic rings. The highest BCUT2D eigenvalue weighted by molar-refractivity contribution is 5.89. The Hall–Kier alpha value is -3.09. The van der Waals surface area contributed by atoms with Crippen LogP contribution >= 0.6 is 0 Å². The summed E-state index contributed by atoms with van der Waals surface area (Å²) < 4.78 is 0. The Morgan fingerprint density at radius 1 is 1.16 bits per heavy atom. The number of nitrogens with zero attached hydrogens (tertiary/aromatic N) is 2. The summed E-state index contributed by atoms with van der Waals surface area (Å²) in [7, 11) is 0. The second-order valence-corrected chi connectivity index (χ2v) is 8.93. The highest BCUT2D eigenvalue weighted by atomic mass is 16.2. The van der Waals surface area contributed by atoms with Gasteiger partial charge < -0.3 is 20.9 Å². The fourth-order valence-corrected chi connectivity index (χ4v) is 4.27. The minimum Gasteiger partial charge on any atom is -0.357 e. The monoisotopic (exact) mass is 435 g/mol. The number of hydrogen-bond donors (Lipinski definition) is 3. The fourth-order valence-electron chi connectivity index (χ4n) is 4.27. The Balaban J connectivity index is 1.34. The molecule has 0 spiro atoms. The first-order valence-corrected chi connectivity index (χ1v) is 11.7. The predicted octanol–water partition coefficient (Wildman–Crippen LogP) is 3.38. The van der Waals surface area contributed by atoms with Crippen LogP contribution in [0.2, 0.25) is 0 Å². The predicted molar refractivity (Wildman–Crippen MR) is 127 cm³/mol. The van der Waals surface area contributed by atoms with Gasteiger partial charge in [-0.05, 0) is 55.0 Å². The van der Waals surface area contributed by atoms with E-state index in [1.54, 1.807) is 0 Å². The summed E-state index contributed by atoms with van der Waals surface area (Å²) >= 11 is 0. The number of piperidine rings is 1. The second-order valence-electron chi connectivity index (χ2n) is 8.93. The van der Waals surface area contributed by atoms with Crippen molar-refractivity contribution < 1.29 is 9.59 Å². The third-order valence-electron chi connectivity index (χ3n) is 6.45. The molecule has 32 heavy (non-hydrogen) atoms. The van der Waals surface area contributed by atoms with Gasteiger partial charge in [-0.25, -0.2) is 4.98 Å². The van der Waals surface area contributed by atoms with E-state index in [9.17, 15) is 9.59 Å². The Morgan fingerprint density at radius 2 is 1.91 bits per heavy atom. The van der Waals surface area contributed by atoms with Crippen molar-refractivity contribution in [1.29, 1.82) is 0 Å². The first-order chi connectivity index (χ1) is 15.5. The van der Waals surface area contributed by atoms with Crippen molar-refractivity contribution in [2.45, 2.75) is 46.1 Å². The number of rotatable bonds is 7. The van der Waals surface area contributed by atoms with Gasteiger partial charge >= 0.3 is 0 Å². The Labute approximate surface area is 190 Å². The molecule has 2 amide bonds. The fraction of sp³-hybridized carbons (Fsp3) is 0.480. The van der Waals surface area contributed by atoms with Gasteiger partial charge in [-0.3, -0.25) is 9.59 Å². The Morgan fingerprint density at radius 3 is 2.56 bits per heavy atom. The molecule has 1 aromatic heterocycles. The molecule has 2 aliphatic heterocycles. The summed E-state index contributed by atoms with van der Waals surface area (Å²) in [6.07, 6.45) is 3.60. The zero-order valence-electron chi connectivity index (χ0n) is 19.0. The summed E-state index contributed by atoms with van der Waals surface area (Å²) in [5, 5.41) is 9.11. The van der Waals surface area contributed by atoms with Gasteiger partial charge in [0.15, 0.2) is 0 Å².